The quantitative estimate of drug-likeness (QED) is 0.423. The zero-order chi connectivity index (χ0) is 23.8. The molecule has 0 amide bonds. The number of benzene rings is 3. The minimum Gasteiger partial charge on any atom is -0.463 e. The summed E-state index contributed by atoms with van der Waals surface area (Å²) in [6.45, 7) is 1.54. The predicted octanol–water partition coefficient (Wildman–Crippen LogP) is 4.69. The second-order valence-corrected chi connectivity index (χ2v) is 10.5. The van der Waals surface area contributed by atoms with E-state index in [1.165, 1.54) is 19.2 Å². The molecule has 1 saturated heterocycles. The Balaban J connectivity index is 1.28. The summed E-state index contributed by atoms with van der Waals surface area (Å²) in [6, 6.07) is 22.0. The molecule has 0 atom stereocenters. The highest BCUT2D eigenvalue weighted by Crippen LogP contribution is 2.32. The van der Waals surface area contributed by atoms with Gasteiger partial charge in [-0.05, 0) is 67.4 Å². The van der Waals surface area contributed by atoms with Crippen LogP contribution in [0.25, 0.3) is 10.9 Å². The molecule has 0 spiro atoms. The minimum atomic E-state index is -3.57. The van der Waals surface area contributed by atoms with Crippen molar-refractivity contribution in [3.63, 3.8) is 0 Å². The molecule has 1 N–H and O–H groups in total. The van der Waals surface area contributed by atoms with Crippen molar-refractivity contribution in [2.24, 2.45) is 4.99 Å². The van der Waals surface area contributed by atoms with Gasteiger partial charge in [0.2, 0.25) is 9.84 Å². The summed E-state index contributed by atoms with van der Waals surface area (Å²) >= 11 is 0. The average molecular weight is 486 g/mol. The normalized spacial score (nSPS) is 17.0. The van der Waals surface area contributed by atoms with Crippen molar-refractivity contribution in [3.05, 3.63) is 79.1 Å². The first-order valence-corrected chi connectivity index (χ1v) is 13.0. The van der Waals surface area contributed by atoms with E-state index in [-0.39, 0.29) is 9.79 Å². The molecule has 2 aliphatic rings. The van der Waals surface area contributed by atoms with Crippen LogP contribution in [0.1, 0.15) is 12.8 Å². The predicted molar refractivity (Wildman–Crippen MR) is 134 cm³/mol. The summed E-state index contributed by atoms with van der Waals surface area (Å²) in [5.41, 5.74) is 2.26. The zero-order valence-corrected chi connectivity index (χ0v) is 19.6. The van der Waals surface area contributed by atoms with Gasteiger partial charge in [-0.15, -0.1) is 0 Å². The molecule has 0 unspecified atom stereocenters. The molecule has 4 aromatic rings. The van der Waals surface area contributed by atoms with Crippen LogP contribution < -0.4 is 5.32 Å². The lowest BCUT2D eigenvalue weighted by Gasteiger charge is -2.14. The number of nitrogens with one attached hydrogen (secondary N) is 1. The Morgan fingerprint density at radius 2 is 1.71 bits per heavy atom. The highest BCUT2D eigenvalue weighted by atomic mass is 32.2. The van der Waals surface area contributed by atoms with Gasteiger partial charge in [0.1, 0.15) is 18.8 Å². The number of rotatable bonds is 6. The lowest BCUT2D eigenvalue weighted by atomic mass is 10.2. The topological polar surface area (TPSA) is 96.8 Å². The number of ether oxygens (including phenoxy) is 1. The first-order chi connectivity index (χ1) is 17.1. The van der Waals surface area contributed by atoms with Crippen LogP contribution in [0.15, 0.2) is 93.9 Å². The van der Waals surface area contributed by atoms with Gasteiger partial charge in [0, 0.05) is 17.1 Å². The SMILES string of the molecule is O=S(=O)(c1ccccc1)c1ccc(Nc2ncnc3ccc(/N=C4\OCCN4C4CC4)cc23)cc1. The van der Waals surface area contributed by atoms with Gasteiger partial charge in [-0.3, -0.25) is 0 Å². The van der Waals surface area contributed by atoms with Crippen LogP contribution in [0.3, 0.4) is 0 Å². The molecular formula is C26H23N5O3S. The number of amidine groups is 1. The van der Waals surface area contributed by atoms with E-state index in [1.54, 1.807) is 54.6 Å². The van der Waals surface area contributed by atoms with E-state index in [1.807, 2.05) is 18.2 Å². The molecule has 8 nitrogen and oxygen atoms in total. The van der Waals surface area contributed by atoms with Crippen LogP contribution in [-0.4, -0.2) is 48.5 Å². The first kappa shape index (κ1) is 21.5. The maximum Gasteiger partial charge on any atom is 0.293 e. The van der Waals surface area contributed by atoms with Gasteiger partial charge >= 0.3 is 0 Å². The zero-order valence-electron chi connectivity index (χ0n) is 18.8. The lowest BCUT2D eigenvalue weighted by Crippen LogP contribution is -2.27. The number of hydrogen-bond acceptors (Lipinski definition) is 7. The maximum atomic E-state index is 12.9. The summed E-state index contributed by atoms with van der Waals surface area (Å²) in [6.07, 6.45) is 3.88. The molecular weight excluding hydrogens is 462 g/mol. The summed E-state index contributed by atoms with van der Waals surface area (Å²) < 4.78 is 31.5. The van der Waals surface area contributed by atoms with E-state index in [2.05, 4.69) is 20.2 Å². The molecule has 0 bridgehead atoms. The Kier molecular flexibility index (Phi) is 5.33. The molecule has 1 aliphatic heterocycles. The van der Waals surface area contributed by atoms with E-state index in [9.17, 15) is 8.42 Å². The molecule has 1 saturated carbocycles. The molecule has 0 radical (unpaired) electrons. The maximum absolute atomic E-state index is 12.9. The third-order valence-electron chi connectivity index (χ3n) is 6.12. The van der Waals surface area contributed by atoms with Crippen LogP contribution in [-0.2, 0) is 14.6 Å². The van der Waals surface area contributed by atoms with Crippen molar-refractivity contribution >= 4 is 44.0 Å². The summed E-state index contributed by atoms with van der Waals surface area (Å²) in [5, 5.41) is 4.10. The standard InChI is InChI=1S/C26H23N5O3S/c32-35(33,21-4-2-1-3-5-21)22-11-6-18(7-12-22)29-25-23-16-19(8-13-24(23)27-17-28-25)30-26-31(14-15-34-26)20-9-10-20/h1-8,11-13,16-17,20H,9-10,14-15H2,(H,27,28,29)/b30-26-. The molecule has 6 rings (SSSR count). The van der Waals surface area contributed by atoms with E-state index in [4.69, 9.17) is 9.73 Å². The van der Waals surface area contributed by atoms with Gasteiger partial charge in [0.15, 0.2) is 0 Å². The van der Waals surface area contributed by atoms with Crippen molar-refractivity contribution in [3.8, 4) is 0 Å². The Morgan fingerprint density at radius 1 is 0.943 bits per heavy atom. The molecule has 1 aliphatic carbocycles. The molecule has 35 heavy (non-hydrogen) atoms. The Hall–Kier alpha value is -3.98. The Bertz CT molecular complexity index is 1520. The number of sulfone groups is 1. The van der Waals surface area contributed by atoms with Gasteiger partial charge in [-0.2, -0.15) is 4.99 Å². The van der Waals surface area contributed by atoms with Crippen molar-refractivity contribution < 1.29 is 13.2 Å². The van der Waals surface area contributed by atoms with Crippen LogP contribution in [0.4, 0.5) is 17.2 Å². The van der Waals surface area contributed by atoms with Crippen molar-refractivity contribution in [1.29, 1.82) is 0 Å². The fraction of sp³-hybridized carbons (Fsp3) is 0.192. The molecule has 176 valence electrons. The summed E-state index contributed by atoms with van der Waals surface area (Å²) in [4.78, 5) is 16.3. The number of aromatic nitrogens is 2. The van der Waals surface area contributed by atoms with Gasteiger partial charge in [-0.25, -0.2) is 18.4 Å². The Morgan fingerprint density at radius 3 is 2.49 bits per heavy atom. The second kappa shape index (κ2) is 8.66. The van der Waals surface area contributed by atoms with E-state index < -0.39 is 9.84 Å². The molecule has 9 heteroatoms. The van der Waals surface area contributed by atoms with E-state index >= 15 is 0 Å². The second-order valence-electron chi connectivity index (χ2n) is 8.56. The number of fused-ring (bicyclic) bond motifs is 1. The number of hydrogen-bond donors (Lipinski definition) is 1. The fourth-order valence-electron chi connectivity index (χ4n) is 4.15. The van der Waals surface area contributed by atoms with Crippen LogP contribution in [0.5, 0.6) is 0 Å². The monoisotopic (exact) mass is 485 g/mol. The van der Waals surface area contributed by atoms with Gasteiger partial charge < -0.3 is 15.0 Å². The number of aliphatic imine (C=N–C) groups is 1. The van der Waals surface area contributed by atoms with E-state index in [0.29, 0.717) is 30.2 Å². The molecule has 2 fully saturated rings. The van der Waals surface area contributed by atoms with Gasteiger partial charge in [0.25, 0.3) is 6.02 Å². The number of nitrogens with zero attached hydrogens (tertiary/aromatic N) is 4. The van der Waals surface area contributed by atoms with Gasteiger partial charge in [-0.1, -0.05) is 18.2 Å². The molecule has 3 aromatic carbocycles. The van der Waals surface area contributed by atoms with Crippen LogP contribution in [0.2, 0.25) is 0 Å². The van der Waals surface area contributed by atoms with Crippen LogP contribution in [0, 0.1) is 0 Å². The van der Waals surface area contributed by atoms with E-state index in [0.717, 1.165) is 23.1 Å². The largest absolute Gasteiger partial charge is 0.463 e. The fourth-order valence-corrected chi connectivity index (χ4v) is 5.43. The minimum absolute atomic E-state index is 0.233. The van der Waals surface area contributed by atoms with Crippen molar-refractivity contribution in [1.82, 2.24) is 14.9 Å². The smallest absolute Gasteiger partial charge is 0.293 e. The third kappa shape index (κ3) is 4.30. The summed E-state index contributed by atoms with van der Waals surface area (Å²) in [7, 11) is -3.57. The lowest BCUT2D eigenvalue weighted by molar-refractivity contribution is 0.351. The summed E-state index contributed by atoms with van der Waals surface area (Å²) in [5.74, 6) is 0.613. The van der Waals surface area contributed by atoms with Crippen molar-refractivity contribution in [2.45, 2.75) is 28.7 Å². The molecule has 1 aromatic heterocycles. The third-order valence-corrected chi connectivity index (χ3v) is 7.91. The van der Waals surface area contributed by atoms with Crippen molar-refractivity contribution in [2.75, 3.05) is 18.5 Å². The average Bonchev–Trinajstić information content (AvgIpc) is 3.63. The van der Waals surface area contributed by atoms with Crippen LogP contribution >= 0.6 is 0 Å². The first-order valence-electron chi connectivity index (χ1n) is 11.5. The Labute approximate surface area is 203 Å². The highest BCUT2D eigenvalue weighted by Gasteiger charge is 2.35. The van der Waals surface area contributed by atoms with Gasteiger partial charge in [0.05, 0.1) is 27.5 Å². The number of anilines is 2. The highest BCUT2D eigenvalue weighted by molar-refractivity contribution is 7.91. The molecule has 2 heterocycles.